The van der Waals surface area contributed by atoms with Gasteiger partial charge in [-0.1, -0.05) is 12.1 Å². The second-order valence-electron chi connectivity index (χ2n) is 4.89. The molecule has 0 aliphatic carbocycles. The minimum Gasteiger partial charge on any atom is -0.324 e. The highest BCUT2D eigenvalue weighted by Gasteiger charge is 2.04. The van der Waals surface area contributed by atoms with Gasteiger partial charge in [-0.25, -0.2) is 9.82 Å². The molecule has 1 amide bonds. The summed E-state index contributed by atoms with van der Waals surface area (Å²) in [5, 5.41) is 3.87. The van der Waals surface area contributed by atoms with E-state index in [1.54, 1.807) is 24.3 Å². The lowest BCUT2D eigenvalue weighted by molar-refractivity contribution is 0.0955. The minimum atomic E-state index is -0.311. The van der Waals surface area contributed by atoms with Gasteiger partial charge in [0, 0.05) is 23.6 Å². The molecule has 1 aromatic heterocycles. The SMILES string of the molecule is O=C(N/N=C/c1ccc(F)cc1)c1ccc(-n2cccc2)cc1. The van der Waals surface area contributed by atoms with E-state index in [0.717, 1.165) is 5.69 Å². The van der Waals surface area contributed by atoms with E-state index in [2.05, 4.69) is 10.5 Å². The molecule has 0 spiro atoms. The fourth-order valence-electron chi connectivity index (χ4n) is 2.07. The fourth-order valence-corrected chi connectivity index (χ4v) is 2.07. The molecule has 0 saturated heterocycles. The van der Waals surface area contributed by atoms with Gasteiger partial charge in [0.2, 0.25) is 0 Å². The molecular formula is C18H14FN3O. The quantitative estimate of drug-likeness (QED) is 0.583. The zero-order valence-electron chi connectivity index (χ0n) is 12.2. The van der Waals surface area contributed by atoms with E-state index >= 15 is 0 Å². The first kappa shape index (κ1) is 14.7. The number of benzene rings is 2. The largest absolute Gasteiger partial charge is 0.324 e. The summed E-state index contributed by atoms with van der Waals surface area (Å²) in [5.41, 5.74) is 4.63. The van der Waals surface area contributed by atoms with Gasteiger partial charge in [-0.2, -0.15) is 5.10 Å². The molecule has 0 aliphatic rings. The number of nitrogens with one attached hydrogen (secondary N) is 1. The Balaban J connectivity index is 1.63. The normalized spacial score (nSPS) is 10.8. The van der Waals surface area contributed by atoms with Crippen molar-refractivity contribution in [2.45, 2.75) is 0 Å². The Morgan fingerprint density at radius 1 is 1.00 bits per heavy atom. The van der Waals surface area contributed by atoms with Crippen molar-refractivity contribution in [1.82, 2.24) is 9.99 Å². The molecule has 0 radical (unpaired) electrons. The third-order valence-electron chi connectivity index (χ3n) is 3.28. The van der Waals surface area contributed by atoms with Crippen molar-refractivity contribution in [2.24, 2.45) is 5.10 Å². The van der Waals surface area contributed by atoms with E-state index in [0.29, 0.717) is 11.1 Å². The molecule has 3 rings (SSSR count). The van der Waals surface area contributed by atoms with Gasteiger partial charge in [0.05, 0.1) is 6.21 Å². The van der Waals surface area contributed by atoms with Gasteiger partial charge in [0.1, 0.15) is 5.82 Å². The second kappa shape index (κ2) is 6.70. The Morgan fingerprint density at radius 2 is 1.65 bits per heavy atom. The summed E-state index contributed by atoms with van der Waals surface area (Å²) < 4.78 is 14.7. The van der Waals surface area contributed by atoms with Crippen molar-refractivity contribution in [1.29, 1.82) is 0 Å². The highest BCUT2D eigenvalue weighted by Crippen LogP contribution is 2.10. The molecule has 0 aliphatic heterocycles. The van der Waals surface area contributed by atoms with Gasteiger partial charge in [-0.15, -0.1) is 0 Å². The van der Waals surface area contributed by atoms with Crippen molar-refractivity contribution in [3.63, 3.8) is 0 Å². The Hall–Kier alpha value is -3.21. The van der Waals surface area contributed by atoms with Gasteiger partial charge in [-0.05, 0) is 54.1 Å². The maximum Gasteiger partial charge on any atom is 0.271 e. The molecule has 23 heavy (non-hydrogen) atoms. The Kier molecular flexibility index (Phi) is 4.29. The number of hydrogen-bond donors (Lipinski definition) is 1. The maximum absolute atomic E-state index is 12.8. The highest BCUT2D eigenvalue weighted by atomic mass is 19.1. The molecule has 0 bridgehead atoms. The first-order valence-corrected chi connectivity index (χ1v) is 7.05. The van der Waals surface area contributed by atoms with Crippen LogP contribution in [0.25, 0.3) is 5.69 Å². The average molecular weight is 307 g/mol. The third kappa shape index (κ3) is 3.71. The van der Waals surface area contributed by atoms with Gasteiger partial charge in [0.15, 0.2) is 0 Å². The molecule has 5 heteroatoms. The summed E-state index contributed by atoms with van der Waals surface area (Å²) in [4.78, 5) is 12.0. The molecule has 3 aromatic rings. The number of hydrogen-bond acceptors (Lipinski definition) is 2. The predicted molar refractivity (Wildman–Crippen MR) is 87.2 cm³/mol. The van der Waals surface area contributed by atoms with E-state index in [9.17, 15) is 9.18 Å². The van der Waals surface area contributed by atoms with Crippen LogP contribution in [0.5, 0.6) is 0 Å². The summed E-state index contributed by atoms with van der Waals surface area (Å²) in [6.45, 7) is 0. The number of rotatable bonds is 4. The Morgan fingerprint density at radius 3 is 2.30 bits per heavy atom. The summed E-state index contributed by atoms with van der Waals surface area (Å²) in [6.07, 6.45) is 5.33. The smallest absolute Gasteiger partial charge is 0.271 e. The Bertz CT molecular complexity index is 806. The molecule has 1 heterocycles. The van der Waals surface area contributed by atoms with Crippen molar-refractivity contribution in [3.05, 3.63) is 90.0 Å². The van der Waals surface area contributed by atoms with Crippen LogP contribution in [0, 0.1) is 5.82 Å². The molecular weight excluding hydrogens is 293 g/mol. The number of hydrazone groups is 1. The summed E-state index contributed by atoms with van der Waals surface area (Å²) in [5.74, 6) is -0.614. The molecule has 0 unspecified atom stereocenters. The highest BCUT2D eigenvalue weighted by molar-refractivity contribution is 5.95. The van der Waals surface area contributed by atoms with Crippen molar-refractivity contribution in [2.75, 3.05) is 0 Å². The van der Waals surface area contributed by atoms with Gasteiger partial charge < -0.3 is 4.57 Å². The zero-order chi connectivity index (χ0) is 16.1. The molecule has 2 aromatic carbocycles. The Labute approximate surface area is 132 Å². The first-order chi connectivity index (χ1) is 11.2. The maximum atomic E-state index is 12.8. The van der Waals surface area contributed by atoms with Crippen molar-refractivity contribution < 1.29 is 9.18 Å². The predicted octanol–water partition coefficient (Wildman–Crippen LogP) is 3.38. The van der Waals surface area contributed by atoms with Crippen molar-refractivity contribution in [3.8, 4) is 5.69 Å². The van der Waals surface area contributed by atoms with Gasteiger partial charge in [-0.3, -0.25) is 4.79 Å². The van der Waals surface area contributed by atoms with E-state index in [-0.39, 0.29) is 11.7 Å². The van der Waals surface area contributed by atoms with Crippen LogP contribution >= 0.6 is 0 Å². The number of carbonyl (C=O) groups excluding carboxylic acids is 1. The van der Waals surface area contributed by atoms with Gasteiger partial charge in [0.25, 0.3) is 5.91 Å². The van der Waals surface area contributed by atoms with E-state index in [1.165, 1.54) is 18.3 Å². The molecule has 0 saturated carbocycles. The topological polar surface area (TPSA) is 46.4 Å². The monoisotopic (exact) mass is 307 g/mol. The number of carbonyl (C=O) groups is 1. The molecule has 114 valence electrons. The lowest BCUT2D eigenvalue weighted by atomic mass is 10.2. The van der Waals surface area contributed by atoms with Gasteiger partial charge >= 0.3 is 0 Å². The second-order valence-corrected chi connectivity index (χ2v) is 4.89. The van der Waals surface area contributed by atoms with E-state index in [4.69, 9.17) is 0 Å². The summed E-state index contributed by atoms with van der Waals surface area (Å²) in [6, 6.07) is 16.9. The van der Waals surface area contributed by atoms with Crippen LogP contribution in [0.15, 0.2) is 78.2 Å². The summed E-state index contributed by atoms with van der Waals surface area (Å²) >= 11 is 0. The number of aromatic nitrogens is 1. The van der Waals surface area contributed by atoms with Crippen LogP contribution in [-0.4, -0.2) is 16.7 Å². The van der Waals surface area contributed by atoms with E-state index in [1.807, 2.05) is 41.2 Å². The molecule has 4 nitrogen and oxygen atoms in total. The molecule has 1 N–H and O–H groups in total. The van der Waals surface area contributed by atoms with Crippen molar-refractivity contribution >= 4 is 12.1 Å². The van der Waals surface area contributed by atoms with Crippen LogP contribution in [0.3, 0.4) is 0 Å². The average Bonchev–Trinajstić information content (AvgIpc) is 3.11. The number of halogens is 1. The van der Waals surface area contributed by atoms with Crippen LogP contribution < -0.4 is 5.43 Å². The van der Waals surface area contributed by atoms with Crippen LogP contribution in [-0.2, 0) is 0 Å². The standard InChI is InChI=1S/C18H14FN3O/c19-16-7-3-14(4-8-16)13-20-21-18(23)15-5-9-17(10-6-15)22-11-1-2-12-22/h1-13H,(H,21,23)/b20-13+. The first-order valence-electron chi connectivity index (χ1n) is 7.05. The third-order valence-corrected chi connectivity index (χ3v) is 3.28. The van der Waals surface area contributed by atoms with Crippen LogP contribution in [0.1, 0.15) is 15.9 Å². The number of amides is 1. The fraction of sp³-hybridized carbons (Fsp3) is 0. The molecule has 0 fully saturated rings. The lowest BCUT2D eigenvalue weighted by Gasteiger charge is -2.04. The van der Waals surface area contributed by atoms with Crippen LogP contribution in [0.4, 0.5) is 4.39 Å². The number of nitrogens with zero attached hydrogens (tertiary/aromatic N) is 2. The zero-order valence-corrected chi connectivity index (χ0v) is 12.2. The lowest BCUT2D eigenvalue weighted by Crippen LogP contribution is -2.17. The minimum absolute atomic E-state index is 0.303. The molecule has 0 atom stereocenters. The van der Waals surface area contributed by atoms with E-state index < -0.39 is 0 Å². The van der Waals surface area contributed by atoms with Crippen LogP contribution in [0.2, 0.25) is 0 Å². The summed E-state index contributed by atoms with van der Waals surface area (Å²) in [7, 11) is 0.